The van der Waals surface area contributed by atoms with Crippen molar-refractivity contribution in [1.82, 2.24) is 24.9 Å². The Morgan fingerprint density at radius 2 is 1.59 bits per heavy atom. The van der Waals surface area contributed by atoms with Gasteiger partial charge in [-0.3, -0.25) is 9.88 Å². The van der Waals surface area contributed by atoms with Crippen LogP contribution >= 0.6 is 36.4 Å². The molecule has 8 nitrogen and oxygen atoms in total. The van der Waals surface area contributed by atoms with E-state index in [-0.39, 0.29) is 61.1 Å². The maximum Gasteiger partial charge on any atom is 0.417 e. The van der Waals surface area contributed by atoms with E-state index in [2.05, 4.69) is 15.3 Å². The third-order valence-electron chi connectivity index (χ3n) is 6.25. The molecule has 2 heterocycles. The number of carbonyl (C=O) groups excluding carboxylic acids is 1. The molecule has 4 rings (SSSR count). The number of alkyl halides is 6. The summed E-state index contributed by atoms with van der Waals surface area (Å²) in [5, 5.41) is 8.18. The molecule has 44 heavy (non-hydrogen) atoms. The first-order valence-corrected chi connectivity index (χ1v) is 12.7. The predicted octanol–water partition coefficient (Wildman–Crippen LogP) is 7.44. The van der Waals surface area contributed by atoms with Crippen LogP contribution in [0.1, 0.15) is 35.2 Å². The van der Waals surface area contributed by atoms with Gasteiger partial charge in [0, 0.05) is 36.1 Å². The van der Waals surface area contributed by atoms with Gasteiger partial charge in [0.2, 0.25) is 0 Å². The largest absolute Gasteiger partial charge is 0.417 e. The number of nitrogens with two attached hydrogens (primary N) is 1. The van der Waals surface area contributed by atoms with Crippen LogP contribution in [-0.4, -0.2) is 44.1 Å². The zero-order valence-corrected chi connectivity index (χ0v) is 25.0. The Balaban J connectivity index is 0.00000337. The Morgan fingerprint density at radius 3 is 2.14 bits per heavy atom. The minimum atomic E-state index is -5.03. The summed E-state index contributed by atoms with van der Waals surface area (Å²) in [6, 6.07) is 10.5. The number of carbonyl (C=O) groups is 1. The molecule has 0 fully saturated rings. The third-order valence-corrected chi connectivity index (χ3v) is 6.59. The number of rotatable bonds is 8. The molecule has 0 spiro atoms. The van der Waals surface area contributed by atoms with Crippen LogP contribution in [0.2, 0.25) is 5.02 Å². The molecule has 0 bridgehead atoms. The molecular weight excluding hydrogens is 661 g/mol. The molecule has 238 valence electrons. The second-order valence-corrected chi connectivity index (χ2v) is 9.51. The molecule has 2 N–H and O–H groups in total. The van der Waals surface area contributed by atoms with Gasteiger partial charge in [0.15, 0.2) is 0 Å². The van der Waals surface area contributed by atoms with Crippen molar-refractivity contribution in [2.75, 3.05) is 13.1 Å². The van der Waals surface area contributed by atoms with E-state index in [1.807, 2.05) is 0 Å². The van der Waals surface area contributed by atoms with Gasteiger partial charge in [-0.2, -0.15) is 26.3 Å². The van der Waals surface area contributed by atoms with Gasteiger partial charge in [-0.25, -0.2) is 9.48 Å². The highest BCUT2D eigenvalue weighted by atomic mass is 35.5. The summed E-state index contributed by atoms with van der Waals surface area (Å²) in [7, 11) is 0. The van der Waals surface area contributed by atoms with E-state index < -0.39 is 42.2 Å². The number of nitrogens with zero attached hydrogens (tertiary/aromatic N) is 5. The van der Waals surface area contributed by atoms with Crippen LogP contribution in [0.4, 0.5) is 31.1 Å². The van der Waals surface area contributed by atoms with E-state index in [0.29, 0.717) is 28.3 Å². The molecule has 17 heteroatoms. The monoisotopic (exact) mass is 684 g/mol. The van der Waals surface area contributed by atoms with E-state index in [4.69, 9.17) is 22.1 Å². The molecule has 0 aliphatic rings. The molecule has 2 aromatic heterocycles. The second kappa shape index (κ2) is 14.9. The van der Waals surface area contributed by atoms with Crippen LogP contribution < -0.4 is 10.5 Å². The Kier molecular flexibility index (Phi) is 12.4. The summed E-state index contributed by atoms with van der Waals surface area (Å²) >= 11 is 6.31. The first-order valence-electron chi connectivity index (χ1n) is 12.3. The summed E-state index contributed by atoms with van der Waals surface area (Å²) in [5.74, 6) is -0.331. The van der Waals surface area contributed by atoms with Crippen molar-refractivity contribution in [2.24, 2.45) is 5.73 Å². The predicted molar refractivity (Wildman–Crippen MR) is 155 cm³/mol. The molecule has 0 saturated heterocycles. The SMILES string of the molecule is CC(c1ccccc1Cl)N(CCN)C(=O)Oc1nnn(Cc2cc(C(F)(F)F)cc(C(F)(F)F)c2)c1-c1ccncc1.Cl.Cl. The van der Waals surface area contributed by atoms with Crippen molar-refractivity contribution in [3.05, 3.63) is 94.3 Å². The number of ether oxygens (including phenoxy) is 1. The fourth-order valence-corrected chi connectivity index (χ4v) is 4.54. The van der Waals surface area contributed by atoms with Crippen molar-refractivity contribution in [3.8, 4) is 17.1 Å². The van der Waals surface area contributed by atoms with Gasteiger partial charge < -0.3 is 10.5 Å². The number of hydrogen-bond donors (Lipinski definition) is 1. The molecule has 2 aromatic carbocycles. The lowest BCUT2D eigenvalue weighted by atomic mass is 10.0. The summed E-state index contributed by atoms with van der Waals surface area (Å²) < 4.78 is 87.2. The van der Waals surface area contributed by atoms with E-state index in [1.165, 1.54) is 29.4 Å². The zero-order chi connectivity index (χ0) is 30.7. The zero-order valence-electron chi connectivity index (χ0n) is 22.6. The molecule has 0 aliphatic heterocycles. The van der Waals surface area contributed by atoms with Gasteiger partial charge in [0.25, 0.3) is 5.88 Å². The average Bonchev–Trinajstić information content (AvgIpc) is 3.32. The smallest absolute Gasteiger partial charge is 0.387 e. The molecule has 1 atom stereocenters. The highest BCUT2D eigenvalue weighted by molar-refractivity contribution is 6.31. The molecule has 0 aliphatic carbocycles. The lowest BCUT2D eigenvalue weighted by molar-refractivity contribution is -0.143. The van der Waals surface area contributed by atoms with E-state index >= 15 is 0 Å². The minimum absolute atomic E-state index is 0. The fraction of sp³-hybridized carbons (Fsp3) is 0.259. The van der Waals surface area contributed by atoms with Gasteiger partial charge in [-0.1, -0.05) is 40.1 Å². The number of aromatic nitrogens is 4. The molecule has 0 radical (unpaired) electrons. The highest BCUT2D eigenvalue weighted by Crippen LogP contribution is 2.37. The minimum Gasteiger partial charge on any atom is -0.387 e. The summed E-state index contributed by atoms with van der Waals surface area (Å²) in [6.07, 6.45) is -8.15. The van der Waals surface area contributed by atoms with Crippen molar-refractivity contribution < 1.29 is 35.9 Å². The standard InChI is InChI=1S/C27H23ClF6N6O2.2ClH/c1-16(21-4-2-3-5-22(21)28)39(11-8-35)25(41)42-24-23(18-6-9-36-10-7-18)40(38-37-24)15-17-12-19(26(29,30)31)14-20(13-17)27(32,33)34;;/h2-7,9-10,12-14,16H,8,11,15,35H2,1H3;2*1H. The van der Waals surface area contributed by atoms with Crippen LogP contribution in [-0.2, 0) is 18.9 Å². The maximum atomic E-state index is 13.4. The molecule has 0 saturated carbocycles. The molecule has 4 aromatic rings. The number of benzene rings is 2. The van der Waals surface area contributed by atoms with Gasteiger partial charge in [-0.15, -0.1) is 24.8 Å². The first kappa shape index (κ1) is 36.6. The lowest BCUT2D eigenvalue weighted by Gasteiger charge is -2.28. The average molecular weight is 686 g/mol. The van der Waals surface area contributed by atoms with Crippen molar-refractivity contribution in [1.29, 1.82) is 0 Å². The van der Waals surface area contributed by atoms with Crippen LogP contribution in [0, 0.1) is 0 Å². The van der Waals surface area contributed by atoms with Crippen LogP contribution in [0.3, 0.4) is 0 Å². The van der Waals surface area contributed by atoms with Gasteiger partial charge >= 0.3 is 18.4 Å². The van der Waals surface area contributed by atoms with E-state index in [1.54, 1.807) is 31.2 Å². The number of pyridine rings is 1. The summed E-state index contributed by atoms with van der Waals surface area (Å²) in [6.45, 7) is 1.29. The van der Waals surface area contributed by atoms with Crippen LogP contribution in [0.25, 0.3) is 11.3 Å². The van der Waals surface area contributed by atoms with Gasteiger partial charge in [-0.05, 0) is 54.4 Å². The van der Waals surface area contributed by atoms with Crippen molar-refractivity contribution in [3.63, 3.8) is 0 Å². The van der Waals surface area contributed by atoms with E-state index in [0.717, 1.165) is 4.68 Å². The maximum absolute atomic E-state index is 13.4. The molecule has 1 amide bonds. The fourth-order valence-electron chi connectivity index (χ4n) is 4.25. The number of amides is 1. The quantitative estimate of drug-likeness (QED) is 0.194. The Bertz CT molecular complexity index is 1520. The van der Waals surface area contributed by atoms with Crippen LogP contribution in [0.5, 0.6) is 5.88 Å². The second-order valence-electron chi connectivity index (χ2n) is 9.10. The van der Waals surface area contributed by atoms with Crippen molar-refractivity contribution >= 4 is 42.5 Å². The topological polar surface area (TPSA) is 99.2 Å². The van der Waals surface area contributed by atoms with Crippen LogP contribution in [0.15, 0.2) is 67.0 Å². The first-order chi connectivity index (χ1) is 19.8. The number of halogens is 9. The third kappa shape index (κ3) is 8.52. The molecule has 1 unspecified atom stereocenters. The normalized spacial score (nSPS) is 12.1. The van der Waals surface area contributed by atoms with Gasteiger partial charge in [0.05, 0.1) is 23.7 Å². The Morgan fingerprint density at radius 1 is 1.00 bits per heavy atom. The summed E-state index contributed by atoms with van der Waals surface area (Å²) in [5.41, 5.74) is 3.40. The van der Waals surface area contributed by atoms with Crippen molar-refractivity contribution in [2.45, 2.75) is 31.9 Å². The number of hydrogen-bond acceptors (Lipinski definition) is 6. The van der Waals surface area contributed by atoms with E-state index in [9.17, 15) is 31.1 Å². The Hall–Kier alpha value is -3.59. The van der Waals surface area contributed by atoms with Gasteiger partial charge in [0.1, 0.15) is 5.69 Å². The highest BCUT2D eigenvalue weighted by Gasteiger charge is 2.37. The summed E-state index contributed by atoms with van der Waals surface area (Å²) in [4.78, 5) is 18.6. The Labute approximate surface area is 265 Å². The lowest BCUT2D eigenvalue weighted by Crippen LogP contribution is -2.39. The molecular formula is C27H25Cl3F6N6O2.